The third kappa shape index (κ3) is 3.41. The molecule has 35 heavy (non-hydrogen) atoms. The molecule has 4 heterocycles. The van der Waals surface area contributed by atoms with E-state index in [1.54, 1.807) is 30.9 Å². The molecule has 0 radical (unpaired) electrons. The highest BCUT2D eigenvalue weighted by Crippen LogP contribution is 2.39. The zero-order valence-corrected chi connectivity index (χ0v) is 20.1. The van der Waals surface area contributed by atoms with Gasteiger partial charge in [0, 0.05) is 55.9 Å². The summed E-state index contributed by atoms with van der Waals surface area (Å²) in [5.41, 5.74) is 11.0. The second-order valence-electron chi connectivity index (χ2n) is 8.44. The SMILES string of the molecule is C[C@@H](c1cnc(N)[nH]1)c1ccc(O)c2[nH]cc(-c3cnc(-c4c[nH]c5cc(Br)ccc45)c(=O)[nH]3)c12. The van der Waals surface area contributed by atoms with Gasteiger partial charge < -0.3 is 30.8 Å². The Bertz CT molecular complexity index is 1790. The van der Waals surface area contributed by atoms with Crippen molar-refractivity contribution in [2.75, 3.05) is 5.73 Å². The van der Waals surface area contributed by atoms with Crippen LogP contribution >= 0.6 is 15.9 Å². The Morgan fingerprint density at radius 3 is 2.63 bits per heavy atom. The van der Waals surface area contributed by atoms with E-state index in [1.807, 2.05) is 31.2 Å². The minimum absolute atomic E-state index is 0.0954. The number of hydrogen-bond acceptors (Lipinski definition) is 5. The first-order valence-electron chi connectivity index (χ1n) is 10.9. The van der Waals surface area contributed by atoms with Gasteiger partial charge in [-0.15, -0.1) is 0 Å². The van der Waals surface area contributed by atoms with Crippen LogP contribution in [0.5, 0.6) is 5.75 Å². The van der Waals surface area contributed by atoms with Gasteiger partial charge in [-0.05, 0) is 23.8 Å². The number of aromatic amines is 4. The molecule has 0 unspecified atom stereocenters. The number of fused-ring (bicyclic) bond motifs is 2. The predicted molar refractivity (Wildman–Crippen MR) is 139 cm³/mol. The zero-order valence-electron chi connectivity index (χ0n) is 18.5. The number of aromatic nitrogens is 6. The summed E-state index contributed by atoms with van der Waals surface area (Å²) in [4.78, 5) is 34.2. The van der Waals surface area contributed by atoms with Crippen LogP contribution in [0.3, 0.4) is 0 Å². The normalized spacial score (nSPS) is 12.5. The first-order valence-corrected chi connectivity index (χ1v) is 11.7. The van der Waals surface area contributed by atoms with E-state index in [0.29, 0.717) is 22.9 Å². The van der Waals surface area contributed by atoms with Gasteiger partial charge in [0.15, 0.2) is 5.95 Å². The Morgan fingerprint density at radius 2 is 1.86 bits per heavy atom. The number of nitrogen functional groups attached to an aromatic ring is 1. The summed E-state index contributed by atoms with van der Waals surface area (Å²) in [6.45, 7) is 2.02. The smallest absolute Gasteiger partial charge is 0.275 e. The molecule has 0 aliphatic carbocycles. The molecule has 0 amide bonds. The second-order valence-corrected chi connectivity index (χ2v) is 9.35. The summed E-state index contributed by atoms with van der Waals surface area (Å²) in [5, 5.41) is 12.2. The van der Waals surface area contributed by atoms with E-state index in [4.69, 9.17) is 5.73 Å². The van der Waals surface area contributed by atoms with Crippen molar-refractivity contribution in [1.29, 1.82) is 0 Å². The Hall–Kier alpha value is -4.31. The lowest BCUT2D eigenvalue weighted by Crippen LogP contribution is -2.11. The highest BCUT2D eigenvalue weighted by molar-refractivity contribution is 9.10. The van der Waals surface area contributed by atoms with Crippen LogP contribution in [-0.2, 0) is 0 Å². The van der Waals surface area contributed by atoms with Crippen LogP contribution in [0.4, 0.5) is 5.95 Å². The summed E-state index contributed by atoms with van der Waals surface area (Å²) in [6.07, 6.45) is 6.89. The molecule has 0 bridgehead atoms. The van der Waals surface area contributed by atoms with Gasteiger partial charge in [-0.3, -0.25) is 4.79 Å². The van der Waals surface area contributed by atoms with Crippen LogP contribution in [0.2, 0.25) is 0 Å². The van der Waals surface area contributed by atoms with Gasteiger partial charge in [0.25, 0.3) is 5.56 Å². The van der Waals surface area contributed by atoms with E-state index < -0.39 is 0 Å². The van der Waals surface area contributed by atoms with E-state index in [1.165, 1.54) is 0 Å². The van der Waals surface area contributed by atoms with Crippen LogP contribution in [-0.4, -0.2) is 35.0 Å². The van der Waals surface area contributed by atoms with Crippen LogP contribution in [0.1, 0.15) is 24.1 Å². The van der Waals surface area contributed by atoms with Crippen molar-refractivity contribution >= 4 is 43.7 Å². The molecule has 1 atom stereocenters. The number of hydrogen-bond donors (Lipinski definition) is 6. The Morgan fingerprint density at radius 1 is 1.03 bits per heavy atom. The van der Waals surface area contributed by atoms with Crippen molar-refractivity contribution < 1.29 is 5.11 Å². The summed E-state index contributed by atoms with van der Waals surface area (Å²) in [5.74, 6) is 0.357. The number of imidazole rings is 1. The number of phenols is 1. The van der Waals surface area contributed by atoms with Crippen LogP contribution < -0.4 is 11.3 Å². The molecular formula is C25H20BrN7O2. The molecule has 9 nitrogen and oxygen atoms in total. The van der Waals surface area contributed by atoms with E-state index in [2.05, 4.69) is 45.8 Å². The van der Waals surface area contributed by atoms with Crippen molar-refractivity contribution in [3.63, 3.8) is 0 Å². The number of nitrogens with two attached hydrogens (primary N) is 1. The number of H-pyrrole nitrogens is 4. The molecule has 0 saturated heterocycles. The lowest BCUT2D eigenvalue weighted by atomic mass is 9.92. The molecule has 0 aliphatic heterocycles. The van der Waals surface area contributed by atoms with Gasteiger partial charge in [-0.25, -0.2) is 9.97 Å². The molecule has 4 aromatic heterocycles. The average Bonchev–Trinajstić information content (AvgIpc) is 3.57. The Kier molecular flexibility index (Phi) is 4.78. The number of aromatic hydroxyl groups is 1. The molecule has 0 saturated carbocycles. The third-order valence-electron chi connectivity index (χ3n) is 6.37. The third-order valence-corrected chi connectivity index (χ3v) is 6.86. The lowest BCUT2D eigenvalue weighted by Gasteiger charge is -2.14. The lowest BCUT2D eigenvalue weighted by molar-refractivity contribution is 0.480. The molecule has 174 valence electrons. The molecule has 6 rings (SSSR count). The quantitative estimate of drug-likeness (QED) is 0.190. The van der Waals surface area contributed by atoms with Crippen LogP contribution in [0.25, 0.3) is 44.3 Å². The number of phenolic OH excluding ortho intramolecular Hbond substituents is 1. The molecular weight excluding hydrogens is 510 g/mol. The van der Waals surface area contributed by atoms with Gasteiger partial charge in [0.1, 0.15) is 11.4 Å². The molecule has 10 heteroatoms. The molecule has 2 aromatic carbocycles. The Labute approximate surface area is 206 Å². The van der Waals surface area contributed by atoms with Crippen molar-refractivity contribution in [1.82, 2.24) is 29.9 Å². The largest absolute Gasteiger partial charge is 0.506 e. The highest BCUT2D eigenvalue weighted by atomic mass is 79.9. The van der Waals surface area contributed by atoms with Gasteiger partial charge in [-0.1, -0.05) is 35.0 Å². The Balaban J connectivity index is 1.49. The molecule has 7 N–H and O–H groups in total. The highest BCUT2D eigenvalue weighted by Gasteiger charge is 2.21. The number of rotatable bonds is 4. The molecule has 6 aromatic rings. The number of nitrogens with one attached hydrogen (secondary N) is 4. The van der Waals surface area contributed by atoms with Gasteiger partial charge >= 0.3 is 0 Å². The maximum Gasteiger partial charge on any atom is 0.275 e. The van der Waals surface area contributed by atoms with Crippen molar-refractivity contribution in [2.45, 2.75) is 12.8 Å². The predicted octanol–water partition coefficient (Wildman–Crippen LogP) is 4.99. The van der Waals surface area contributed by atoms with Crippen molar-refractivity contribution in [3.05, 3.63) is 81.2 Å². The first-order chi connectivity index (χ1) is 16.9. The summed E-state index contributed by atoms with van der Waals surface area (Å²) in [6, 6.07) is 9.33. The maximum atomic E-state index is 13.2. The summed E-state index contributed by atoms with van der Waals surface area (Å²) in [7, 11) is 0. The van der Waals surface area contributed by atoms with Crippen molar-refractivity contribution in [2.24, 2.45) is 0 Å². The maximum absolute atomic E-state index is 13.2. The number of nitrogens with zero attached hydrogens (tertiary/aromatic N) is 2. The van der Waals surface area contributed by atoms with Crippen molar-refractivity contribution in [3.8, 4) is 28.3 Å². The fourth-order valence-corrected chi connectivity index (χ4v) is 4.96. The fraction of sp³-hybridized carbons (Fsp3) is 0.0800. The minimum atomic E-state index is -0.309. The van der Waals surface area contributed by atoms with Crippen LogP contribution in [0.15, 0.2) is 64.4 Å². The van der Waals surface area contributed by atoms with Gasteiger partial charge in [0.05, 0.1) is 23.6 Å². The van der Waals surface area contributed by atoms with Gasteiger partial charge in [0.2, 0.25) is 0 Å². The number of anilines is 1. The van der Waals surface area contributed by atoms with E-state index >= 15 is 0 Å². The topological polar surface area (TPSA) is 152 Å². The fourth-order valence-electron chi connectivity index (χ4n) is 4.60. The molecule has 0 aliphatic rings. The monoisotopic (exact) mass is 529 g/mol. The van der Waals surface area contributed by atoms with E-state index in [0.717, 1.165) is 43.1 Å². The second kappa shape index (κ2) is 7.88. The summed E-state index contributed by atoms with van der Waals surface area (Å²) >= 11 is 3.46. The first kappa shape index (κ1) is 21.2. The molecule has 0 fully saturated rings. The zero-order chi connectivity index (χ0) is 24.3. The minimum Gasteiger partial charge on any atom is -0.506 e. The standard InChI is InChI=1S/C25H20BrN7O2/c1-11(18-9-31-25(27)33-18)13-4-5-20(34)23-21(13)16(8-29-23)19-10-30-22(24(35)32-19)15-7-28-17-6-12(26)2-3-14(15)17/h2-11,28-29,34H,1H3,(H,32,35)(H3,27,31,33)/t11-/m1/s1. The number of benzene rings is 2. The van der Waals surface area contributed by atoms with Crippen LogP contribution in [0, 0.1) is 0 Å². The van der Waals surface area contributed by atoms with E-state index in [-0.39, 0.29) is 17.2 Å². The van der Waals surface area contributed by atoms with E-state index in [9.17, 15) is 9.90 Å². The van der Waals surface area contributed by atoms with Gasteiger partial charge in [-0.2, -0.15) is 0 Å². The number of halogens is 1. The summed E-state index contributed by atoms with van der Waals surface area (Å²) < 4.78 is 0.945. The average molecular weight is 530 g/mol. The molecule has 0 spiro atoms.